The Labute approximate surface area is 143 Å². The van der Waals surface area contributed by atoms with E-state index in [2.05, 4.69) is 9.97 Å². The summed E-state index contributed by atoms with van der Waals surface area (Å²) in [4.78, 5) is 23.1. The second-order valence-corrected chi connectivity index (χ2v) is 5.62. The van der Waals surface area contributed by atoms with Gasteiger partial charge in [0.1, 0.15) is 11.5 Å². The van der Waals surface area contributed by atoms with E-state index in [4.69, 9.17) is 5.73 Å². The van der Waals surface area contributed by atoms with Crippen LogP contribution < -0.4 is 10.6 Å². The third kappa shape index (κ3) is 3.10. The summed E-state index contributed by atoms with van der Waals surface area (Å²) in [6.07, 6.45) is 1.56. The highest BCUT2D eigenvalue weighted by Gasteiger charge is 2.15. The number of nitrogen functional groups attached to an aromatic ring is 1. The highest BCUT2D eigenvalue weighted by atomic mass is 16.1. The molecule has 1 aromatic carbocycles. The van der Waals surface area contributed by atoms with Gasteiger partial charge in [-0.05, 0) is 36.4 Å². The Morgan fingerprint density at radius 3 is 2.62 bits per heavy atom. The minimum Gasteiger partial charge on any atom is -0.383 e. The molecule has 2 heterocycles. The van der Waals surface area contributed by atoms with E-state index in [9.17, 15) is 4.79 Å². The first kappa shape index (κ1) is 15.7. The minimum atomic E-state index is -0.230. The zero-order valence-electron chi connectivity index (χ0n) is 13.6. The van der Waals surface area contributed by atoms with Crippen molar-refractivity contribution < 1.29 is 7.65 Å². The number of hydrogen-bond donors (Lipinski definition) is 1. The topological polar surface area (TPSA) is 72.1 Å². The van der Waals surface area contributed by atoms with Gasteiger partial charge in [0, 0.05) is 34.4 Å². The van der Waals surface area contributed by atoms with E-state index >= 15 is 0 Å². The van der Waals surface area contributed by atoms with Gasteiger partial charge in [-0.15, -0.1) is 0 Å². The van der Waals surface area contributed by atoms with E-state index in [1.54, 1.807) is 24.4 Å². The standard InChI is InChI=1S/C19H18N4O.2H2/c1-23(2)14-7-3-6-13(12-14)16-9-4-10-17(22-16)18(24)15-8-5-11-21-19(15)20;;/h3-12H,1-2H3,(H2,20,21);2*1H. The lowest BCUT2D eigenvalue weighted by Crippen LogP contribution is -2.09. The van der Waals surface area contributed by atoms with Gasteiger partial charge >= 0.3 is 0 Å². The molecule has 0 radical (unpaired) electrons. The number of nitrogens with zero attached hydrogens (tertiary/aromatic N) is 3. The molecule has 5 heteroatoms. The maximum absolute atomic E-state index is 12.6. The summed E-state index contributed by atoms with van der Waals surface area (Å²) in [5, 5.41) is 0. The van der Waals surface area contributed by atoms with Gasteiger partial charge < -0.3 is 10.6 Å². The quantitative estimate of drug-likeness (QED) is 0.744. The molecule has 0 aliphatic rings. The summed E-state index contributed by atoms with van der Waals surface area (Å²) in [6, 6.07) is 16.8. The Morgan fingerprint density at radius 1 is 1.08 bits per heavy atom. The van der Waals surface area contributed by atoms with Crippen molar-refractivity contribution in [1.82, 2.24) is 9.97 Å². The van der Waals surface area contributed by atoms with E-state index in [0.717, 1.165) is 16.9 Å². The number of benzene rings is 1. The van der Waals surface area contributed by atoms with Gasteiger partial charge in [0.25, 0.3) is 0 Å². The zero-order chi connectivity index (χ0) is 17.1. The molecular weight excluding hydrogens is 300 g/mol. The van der Waals surface area contributed by atoms with E-state index in [1.165, 1.54) is 0 Å². The Balaban J connectivity index is 0.00000169. The summed E-state index contributed by atoms with van der Waals surface area (Å²) in [7, 11) is 3.97. The molecule has 0 saturated heterocycles. The Kier molecular flexibility index (Phi) is 4.24. The van der Waals surface area contributed by atoms with Crippen molar-refractivity contribution in [2.75, 3.05) is 24.7 Å². The van der Waals surface area contributed by atoms with Crippen LogP contribution in [0.15, 0.2) is 60.8 Å². The third-order valence-electron chi connectivity index (χ3n) is 3.72. The number of aromatic nitrogens is 2. The smallest absolute Gasteiger partial charge is 0.215 e. The molecule has 3 aromatic rings. The van der Waals surface area contributed by atoms with Crippen LogP contribution in [0, 0.1) is 0 Å². The number of hydrogen-bond acceptors (Lipinski definition) is 5. The minimum absolute atomic E-state index is 0. The lowest BCUT2D eigenvalue weighted by Gasteiger charge is -2.13. The molecule has 24 heavy (non-hydrogen) atoms. The lowest BCUT2D eigenvalue weighted by molar-refractivity contribution is 0.103. The number of nitrogens with two attached hydrogens (primary N) is 1. The van der Waals surface area contributed by atoms with Crippen molar-refractivity contribution in [3.63, 3.8) is 0 Å². The average molecular weight is 322 g/mol. The number of carbonyl (C=O) groups is 1. The van der Waals surface area contributed by atoms with Gasteiger partial charge in [0.05, 0.1) is 11.3 Å². The Morgan fingerprint density at radius 2 is 1.88 bits per heavy atom. The van der Waals surface area contributed by atoms with Crippen LogP contribution in [0.25, 0.3) is 11.3 Å². The van der Waals surface area contributed by atoms with Gasteiger partial charge in [-0.1, -0.05) is 18.2 Å². The number of rotatable bonds is 4. The van der Waals surface area contributed by atoms with Crippen LogP contribution in [0.3, 0.4) is 0 Å². The van der Waals surface area contributed by atoms with E-state index in [-0.39, 0.29) is 14.5 Å². The van der Waals surface area contributed by atoms with Crippen LogP contribution in [0.5, 0.6) is 0 Å². The number of anilines is 2. The van der Waals surface area contributed by atoms with Gasteiger partial charge in [0.2, 0.25) is 5.78 Å². The maximum Gasteiger partial charge on any atom is 0.215 e. The molecule has 0 aliphatic heterocycles. The average Bonchev–Trinajstić information content (AvgIpc) is 2.62. The summed E-state index contributed by atoms with van der Waals surface area (Å²) in [5.74, 6) is -0.0180. The Hall–Kier alpha value is -3.21. The van der Waals surface area contributed by atoms with Gasteiger partial charge in [-0.2, -0.15) is 0 Å². The lowest BCUT2D eigenvalue weighted by atomic mass is 10.1. The number of ketones is 1. The van der Waals surface area contributed by atoms with Crippen LogP contribution in [-0.2, 0) is 0 Å². The van der Waals surface area contributed by atoms with Gasteiger partial charge in [-0.25, -0.2) is 9.97 Å². The monoisotopic (exact) mass is 322 g/mol. The summed E-state index contributed by atoms with van der Waals surface area (Å²) in [5.41, 5.74) is 9.28. The van der Waals surface area contributed by atoms with Crippen molar-refractivity contribution in [3.05, 3.63) is 72.1 Å². The van der Waals surface area contributed by atoms with Gasteiger partial charge in [-0.3, -0.25) is 4.79 Å². The third-order valence-corrected chi connectivity index (χ3v) is 3.72. The van der Waals surface area contributed by atoms with E-state index in [1.807, 2.05) is 55.4 Å². The van der Waals surface area contributed by atoms with Crippen molar-refractivity contribution in [1.29, 1.82) is 0 Å². The molecule has 0 bridgehead atoms. The summed E-state index contributed by atoms with van der Waals surface area (Å²) >= 11 is 0. The number of carbonyl (C=O) groups excluding carboxylic acids is 1. The number of pyridine rings is 2. The van der Waals surface area contributed by atoms with Gasteiger partial charge in [0.15, 0.2) is 0 Å². The molecule has 0 saturated carbocycles. The predicted molar refractivity (Wildman–Crippen MR) is 100 cm³/mol. The largest absolute Gasteiger partial charge is 0.383 e. The van der Waals surface area contributed by atoms with Crippen LogP contribution in [0.4, 0.5) is 11.5 Å². The molecule has 5 nitrogen and oxygen atoms in total. The van der Waals surface area contributed by atoms with Crippen molar-refractivity contribution in [2.24, 2.45) is 0 Å². The highest BCUT2D eigenvalue weighted by molar-refractivity contribution is 6.10. The SMILES string of the molecule is CN(C)c1cccc(-c2cccc(C(=O)c3cccnc3N)n2)c1.[HH].[HH]. The zero-order valence-corrected chi connectivity index (χ0v) is 13.6. The first-order valence-electron chi connectivity index (χ1n) is 7.56. The molecule has 0 spiro atoms. The first-order chi connectivity index (χ1) is 11.6. The summed E-state index contributed by atoms with van der Waals surface area (Å²) in [6.45, 7) is 0. The first-order valence-corrected chi connectivity index (χ1v) is 7.56. The molecule has 0 atom stereocenters. The van der Waals surface area contributed by atoms with Crippen LogP contribution in [0.2, 0.25) is 0 Å². The molecule has 0 unspecified atom stereocenters. The fraction of sp³-hybridized carbons (Fsp3) is 0.105. The second-order valence-electron chi connectivity index (χ2n) is 5.62. The second kappa shape index (κ2) is 6.50. The predicted octanol–water partition coefficient (Wildman–Crippen LogP) is 3.51. The normalized spacial score (nSPS) is 10.4. The maximum atomic E-state index is 12.6. The molecule has 2 N–H and O–H groups in total. The van der Waals surface area contributed by atoms with Crippen LogP contribution in [-0.4, -0.2) is 29.8 Å². The van der Waals surface area contributed by atoms with Crippen molar-refractivity contribution >= 4 is 17.3 Å². The molecule has 0 fully saturated rings. The summed E-state index contributed by atoms with van der Waals surface area (Å²) < 4.78 is 0. The molecule has 0 aliphatic carbocycles. The van der Waals surface area contributed by atoms with E-state index < -0.39 is 0 Å². The molecule has 3 rings (SSSR count). The highest BCUT2D eigenvalue weighted by Crippen LogP contribution is 2.23. The molecular formula is C19H22N4O. The molecule has 124 valence electrons. The fourth-order valence-electron chi connectivity index (χ4n) is 2.41. The van der Waals surface area contributed by atoms with E-state index in [0.29, 0.717) is 11.3 Å². The molecule has 0 amide bonds. The van der Waals surface area contributed by atoms with Crippen molar-refractivity contribution in [2.45, 2.75) is 0 Å². The van der Waals surface area contributed by atoms with Crippen LogP contribution >= 0.6 is 0 Å². The fourth-order valence-corrected chi connectivity index (χ4v) is 2.41. The van der Waals surface area contributed by atoms with Crippen LogP contribution in [0.1, 0.15) is 18.9 Å². The Bertz CT molecular complexity index is 900. The molecule has 2 aromatic heterocycles. The van der Waals surface area contributed by atoms with Crippen molar-refractivity contribution in [3.8, 4) is 11.3 Å².